The maximum absolute atomic E-state index is 12.2. The normalized spacial score (nSPS) is 24.6. The number of hydrogen-bond donors (Lipinski definition) is 0. The van der Waals surface area contributed by atoms with Crippen LogP contribution < -0.4 is 5.01 Å². The monoisotopic (exact) mass is 235 g/mol. The van der Waals surface area contributed by atoms with E-state index in [0.717, 1.165) is 31.6 Å². The molecule has 1 aliphatic heterocycles. The zero-order valence-corrected chi connectivity index (χ0v) is 10.9. The molecule has 0 aliphatic carbocycles. The van der Waals surface area contributed by atoms with Crippen LogP contribution >= 0.6 is 0 Å². The van der Waals surface area contributed by atoms with Gasteiger partial charge in [0, 0.05) is 31.3 Å². The fraction of sp³-hybridized carbons (Fsp3) is 0.692. The highest BCUT2D eigenvalue weighted by atomic mass is 16.2. The molecule has 1 aromatic rings. The SMILES string of the molecule is CCCC1CN(n2ccnc2CC)C(=O)C1C. The summed E-state index contributed by atoms with van der Waals surface area (Å²) in [5.74, 6) is 1.82. The van der Waals surface area contributed by atoms with Crippen LogP contribution in [0, 0.1) is 11.8 Å². The number of nitrogens with zero attached hydrogens (tertiary/aromatic N) is 3. The summed E-state index contributed by atoms with van der Waals surface area (Å²) in [7, 11) is 0. The van der Waals surface area contributed by atoms with Crippen LogP contribution in [-0.4, -0.2) is 22.1 Å². The van der Waals surface area contributed by atoms with Gasteiger partial charge in [0.25, 0.3) is 0 Å². The number of carbonyl (C=O) groups excluding carboxylic acids is 1. The molecule has 2 heterocycles. The lowest BCUT2D eigenvalue weighted by atomic mass is 9.93. The lowest BCUT2D eigenvalue weighted by molar-refractivity contribution is -0.121. The van der Waals surface area contributed by atoms with Crippen molar-refractivity contribution in [3.8, 4) is 0 Å². The van der Waals surface area contributed by atoms with Gasteiger partial charge in [-0.3, -0.25) is 4.79 Å². The first-order valence-electron chi connectivity index (χ1n) is 6.52. The molecule has 0 spiro atoms. The van der Waals surface area contributed by atoms with Crippen LogP contribution in [0.25, 0.3) is 0 Å². The first-order chi connectivity index (χ1) is 8.19. The molecule has 2 atom stereocenters. The summed E-state index contributed by atoms with van der Waals surface area (Å²) in [5, 5.41) is 1.86. The number of rotatable bonds is 4. The number of carbonyl (C=O) groups is 1. The van der Waals surface area contributed by atoms with E-state index >= 15 is 0 Å². The molecule has 94 valence electrons. The molecule has 2 unspecified atom stereocenters. The maximum Gasteiger partial charge on any atom is 0.244 e. The van der Waals surface area contributed by atoms with E-state index in [1.807, 2.05) is 22.8 Å². The zero-order chi connectivity index (χ0) is 12.4. The standard InChI is InChI=1S/C13H21N3O/c1-4-6-11-9-16(13(17)10(11)3)15-8-7-14-12(15)5-2/h7-8,10-11H,4-6,9H2,1-3H3. The van der Waals surface area contributed by atoms with Crippen molar-refractivity contribution >= 4 is 5.91 Å². The summed E-state index contributed by atoms with van der Waals surface area (Å²) in [4.78, 5) is 16.5. The van der Waals surface area contributed by atoms with Gasteiger partial charge in [0.1, 0.15) is 5.82 Å². The predicted octanol–water partition coefficient (Wildman–Crippen LogP) is 1.98. The molecule has 0 saturated carbocycles. The van der Waals surface area contributed by atoms with Gasteiger partial charge in [-0.1, -0.05) is 27.2 Å². The van der Waals surface area contributed by atoms with Crippen molar-refractivity contribution in [1.82, 2.24) is 9.66 Å². The van der Waals surface area contributed by atoms with Crippen LogP contribution in [0.5, 0.6) is 0 Å². The van der Waals surface area contributed by atoms with E-state index in [9.17, 15) is 4.79 Å². The first kappa shape index (κ1) is 12.1. The van der Waals surface area contributed by atoms with Gasteiger partial charge in [-0.05, 0) is 12.3 Å². The summed E-state index contributed by atoms with van der Waals surface area (Å²) in [6, 6.07) is 0. The van der Waals surface area contributed by atoms with Gasteiger partial charge in [0.2, 0.25) is 5.91 Å². The average molecular weight is 235 g/mol. The van der Waals surface area contributed by atoms with Crippen LogP contribution in [0.15, 0.2) is 12.4 Å². The van der Waals surface area contributed by atoms with E-state index in [1.165, 1.54) is 0 Å². The molecule has 17 heavy (non-hydrogen) atoms. The number of imidazole rings is 1. The second kappa shape index (κ2) is 4.90. The molecule has 2 rings (SSSR count). The third kappa shape index (κ3) is 2.08. The Morgan fingerprint density at radius 2 is 2.24 bits per heavy atom. The summed E-state index contributed by atoms with van der Waals surface area (Å²) >= 11 is 0. The quantitative estimate of drug-likeness (QED) is 0.800. The number of amides is 1. The van der Waals surface area contributed by atoms with E-state index in [0.29, 0.717) is 5.92 Å². The fourth-order valence-electron chi connectivity index (χ4n) is 2.61. The van der Waals surface area contributed by atoms with E-state index in [-0.39, 0.29) is 11.8 Å². The summed E-state index contributed by atoms with van der Waals surface area (Å²) in [5.41, 5.74) is 0. The van der Waals surface area contributed by atoms with Gasteiger partial charge in [-0.15, -0.1) is 0 Å². The smallest absolute Gasteiger partial charge is 0.244 e. The summed E-state index contributed by atoms with van der Waals surface area (Å²) in [6.45, 7) is 7.11. The summed E-state index contributed by atoms with van der Waals surface area (Å²) < 4.78 is 1.93. The molecule has 4 nitrogen and oxygen atoms in total. The largest absolute Gasteiger partial charge is 0.273 e. The van der Waals surface area contributed by atoms with Gasteiger partial charge in [-0.2, -0.15) is 0 Å². The molecule has 1 amide bonds. The molecule has 0 aromatic carbocycles. The third-order valence-electron chi connectivity index (χ3n) is 3.69. The van der Waals surface area contributed by atoms with Crippen molar-refractivity contribution in [2.24, 2.45) is 11.8 Å². The van der Waals surface area contributed by atoms with E-state index in [2.05, 4.69) is 18.8 Å². The lowest BCUT2D eigenvalue weighted by Gasteiger charge is -2.19. The van der Waals surface area contributed by atoms with E-state index in [1.54, 1.807) is 6.20 Å². The molecule has 0 bridgehead atoms. The van der Waals surface area contributed by atoms with Crippen molar-refractivity contribution in [3.63, 3.8) is 0 Å². The van der Waals surface area contributed by atoms with Gasteiger partial charge >= 0.3 is 0 Å². The van der Waals surface area contributed by atoms with Crippen LogP contribution in [0.3, 0.4) is 0 Å². The van der Waals surface area contributed by atoms with Crippen molar-refractivity contribution in [2.45, 2.75) is 40.0 Å². The Hall–Kier alpha value is -1.32. The maximum atomic E-state index is 12.2. The zero-order valence-electron chi connectivity index (χ0n) is 10.9. The number of hydrogen-bond acceptors (Lipinski definition) is 2. The Morgan fingerprint density at radius 3 is 2.88 bits per heavy atom. The van der Waals surface area contributed by atoms with Gasteiger partial charge in [-0.25, -0.2) is 14.7 Å². The first-order valence-corrected chi connectivity index (χ1v) is 6.52. The molecule has 4 heteroatoms. The van der Waals surface area contributed by atoms with Gasteiger partial charge < -0.3 is 0 Å². The molecular formula is C13H21N3O. The second-order valence-electron chi connectivity index (χ2n) is 4.80. The molecular weight excluding hydrogens is 214 g/mol. The molecule has 1 aromatic heterocycles. The third-order valence-corrected chi connectivity index (χ3v) is 3.69. The highest BCUT2D eigenvalue weighted by Crippen LogP contribution is 2.27. The number of aryl methyl sites for hydroxylation is 1. The minimum absolute atomic E-state index is 0.141. The lowest BCUT2D eigenvalue weighted by Crippen LogP contribution is -2.37. The van der Waals surface area contributed by atoms with Crippen molar-refractivity contribution < 1.29 is 4.79 Å². The van der Waals surface area contributed by atoms with Crippen molar-refractivity contribution in [3.05, 3.63) is 18.2 Å². The molecule has 1 saturated heterocycles. The predicted molar refractivity (Wildman–Crippen MR) is 67.3 cm³/mol. The summed E-state index contributed by atoms with van der Waals surface area (Å²) in [6.07, 6.45) is 6.77. The molecule has 1 fully saturated rings. The highest BCUT2D eigenvalue weighted by Gasteiger charge is 2.37. The van der Waals surface area contributed by atoms with Crippen LogP contribution in [-0.2, 0) is 11.2 Å². The Morgan fingerprint density at radius 1 is 1.47 bits per heavy atom. The minimum Gasteiger partial charge on any atom is -0.273 e. The Kier molecular flexibility index (Phi) is 3.50. The molecule has 0 radical (unpaired) electrons. The fourth-order valence-corrected chi connectivity index (χ4v) is 2.61. The van der Waals surface area contributed by atoms with Crippen LogP contribution in [0.1, 0.15) is 39.4 Å². The van der Waals surface area contributed by atoms with Gasteiger partial charge in [0.15, 0.2) is 0 Å². The average Bonchev–Trinajstić information content (AvgIpc) is 2.89. The van der Waals surface area contributed by atoms with Crippen molar-refractivity contribution in [2.75, 3.05) is 11.6 Å². The number of aromatic nitrogens is 2. The van der Waals surface area contributed by atoms with E-state index < -0.39 is 0 Å². The molecule has 0 N–H and O–H groups in total. The topological polar surface area (TPSA) is 38.1 Å². The van der Waals surface area contributed by atoms with Crippen LogP contribution in [0.2, 0.25) is 0 Å². The second-order valence-corrected chi connectivity index (χ2v) is 4.80. The van der Waals surface area contributed by atoms with Crippen molar-refractivity contribution in [1.29, 1.82) is 0 Å². The Labute approximate surface area is 103 Å². The van der Waals surface area contributed by atoms with Crippen LogP contribution in [0.4, 0.5) is 0 Å². The van der Waals surface area contributed by atoms with Gasteiger partial charge in [0.05, 0.1) is 0 Å². The molecule has 1 aliphatic rings. The highest BCUT2D eigenvalue weighted by molar-refractivity contribution is 5.90. The van der Waals surface area contributed by atoms with E-state index in [4.69, 9.17) is 0 Å². The Bertz CT molecular complexity index is 399. The minimum atomic E-state index is 0.141. The Balaban J connectivity index is 2.20.